The number of carboxylic acids is 4. The van der Waals surface area contributed by atoms with Gasteiger partial charge in [-0.15, -0.1) is 0 Å². The van der Waals surface area contributed by atoms with Gasteiger partial charge in [-0.2, -0.15) is 0 Å². The van der Waals surface area contributed by atoms with Crippen LogP contribution in [-0.4, -0.2) is 45.5 Å². The van der Waals surface area contributed by atoms with E-state index in [1.807, 2.05) is 0 Å². The van der Waals surface area contributed by atoms with Crippen LogP contribution in [0.3, 0.4) is 0 Å². The van der Waals surface area contributed by atoms with E-state index in [2.05, 4.69) is 0 Å². The van der Waals surface area contributed by atoms with Crippen LogP contribution in [0.25, 0.3) is 0 Å². The molecular weight excluding hydrogens is 380 g/mol. The molecule has 0 aromatic heterocycles. The van der Waals surface area contributed by atoms with Crippen molar-refractivity contribution < 1.29 is 196 Å². The monoisotopic (exact) mass is 392 g/mol. The molecule has 0 aliphatic rings. The molecule has 0 aromatic carbocycles. The van der Waals surface area contributed by atoms with Crippen molar-refractivity contribution in [1.29, 1.82) is 0 Å². The summed E-state index contributed by atoms with van der Waals surface area (Å²) in [5.41, 5.74) is -2.97. The Balaban J connectivity index is -0.0000000339. The van der Waals surface area contributed by atoms with Crippen LogP contribution in [0.5, 0.6) is 0 Å². The third kappa shape index (κ3) is 36.2. The van der Waals surface area contributed by atoms with Crippen molar-refractivity contribution in [3.8, 4) is 0 Å². The van der Waals surface area contributed by atoms with Crippen molar-refractivity contribution >= 4 is 23.9 Å². The molecule has 0 spiro atoms. The minimum atomic E-state index is -2.97. The predicted octanol–water partition coefficient (Wildman–Crippen LogP) is -20.1. The van der Waals surface area contributed by atoms with Crippen molar-refractivity contribution in [3.05, 3.63) is 0 Å². The van der Waals surface area contributed by atoms with E-state index in [0.29, 0.717) is 0 Å². The van der Waals surface area contributed by atoms with Gasteiger partial charge in [0, 0.05) is 30.7 Å². The molecular formula is C8H12KNa3O11. The fourth-order valence-corrected chi connectivity index (χ4v) is 0.684. The Morgan fingerprint density at radius 2 is 1.00 bits per heavy atom. The Morgan fingerprint density at radius 3 is 1.09 bits per heavy atom. The molecule has 0 unspecified atom stereocenters. The Bertz CT molecular complexity index is 319. The molecule has 5 N–H and O–H groups in total. The van der Waals surface area contributed by atoms with Crippen LogP contribution in [0.2, 0.25) is 0 Å². The summed E-state index contributed by atoms with van der Waals surface area (Å²) in [6.07, 6.45) is -2.72. The van der Waals surface area contributed by atoms with E-state index in [1.165, 1.54) is 0 Å². The molecule has 0 radical (unpaired) electrons. The Kier molecular flexibility index (Phi) is 57.8. The Labute approximate surface area is 240 Å². The normalized spacial score (nSPS) is 7.22. The molecule has 0 fully saturated rings. The van der Waals surface area contributed by atoms with Gasteiger partial charge in [0.15, 0.2) is 0 Å². The first-order valence-corrected chi connectivity index (χ1v) is 4.02. The third-order valence-electron chi connectivity index (χ3n) is 1.25. The summed E-state index contributed by atoms with van der Waals surface area (Å²) in [5.74, 6) is -7.07. The van der Waals surface area contributed by atoms with Gasteiger partial charge in [0.2, 0.25) is 0 Å². The van der Waals surface area contributed by atoms with E-state index in [0.717, 1.165) is 6.92 Å². The maximum Gasteiger partial charge on any atom is 1.00 e. The number of carboxylic acid groups (broad SMARTS) is 4. The van der Waals surface area contributed by atoms with Gasteiger partial charge in [-0.25, -0.2) is 0 Å². The van der Waals surface area contributed by atoms with E-state index in [4.69, 9.17) is 15.0 Å². The zero-order valence-electron chi connectivity index (χ0n) is 13.6. The SMILES string of the molecule is CC(=O)[O-].O.O.O=C([O-])CC(O)(CC(=O)[O-])C(=O)[O-].[K+].[Na+].[Na+].[Na+]. The Morgan fingerprint density at radius 1 is 0.826 bits per heavy atom. The largest absolute Gasteiger partial charge is 1.00 e. The molecule has 0 aliphatic heterocycles. The molecule has 0 atom stereocenters. The van der Waals surface area contributed by atoms with Crippen LogP contribution in [0.1, 0.15) is 19.8 Å². The summed E-state index contributed by atoms with van der Waals surface area (Å²) in [5, 5.41) is 47.8. The van der Waals surface area contributed by atoms with Crippen molar-refractivity contribution in [2.24, 2.45) is 0 Å². The van der Waals surface area contributed by atoms with Crippen LogP contribution >= 0.6 is 0 Å². The van der Waals surface area contributed by atoms with Crippen molar-refractivity contribution in [1.82, 2.24) is 0 Å². The maximum atomic E-state index is 10.1. The second kappa shape index (κ2) is 26.6. The molecule has 0 aromatic rings. The van der Waals surface area contributed by atoms with Crippen molar-refractivity contribution in [3.63, 3.8) is 0 Å². The van der Waals surface area contributed by atoms with Crippen LogP contribution < -0.4 is 160 Å². The summed E-state index contributed by atoms with van der Waals surface area (Å²) in [7, 11) is 0. The first-order chi connectivity index (χ1) is 7.51. The van der Waals surface area contributed by atoms with Crippen molar-refractivity contribution in [2.75, 3.05) is 0 Å². The second-order valence-corrected chi connectivity index (χ2v) is 2.91. The Hall–Kier alpha value is 2.40. The molecule has 0 heterocycles. The molecule has 15 heteroatoms. The maximum absolute atomic E-state index is 10.1. The first-order valence-electron chi connectivity index (χ1n) is 4.02. The average molecular weight is 392 g/mol. The van der Waals surface area contributed by atoms with E-state index in [1.54, 1.807) is 0 Å². The van der Waals surface area contributed by atoms with Crippen LogP contribution in [0, 0.1) is 0 Å². The van der Waals surface area contributed by atoms with E-state index >= 15 is 0 Å². The van der Waals surface area contributed by atoms with E-state index < -0.39 is 42.3 Å². The molecule has 0 aliphatic carbocycles. The molecule has 0 saturated carbocycles. The predicted molar refractivity (Wildman–Crippen MR) is 47.1 cm³/mol. The topological polar surface area (TPSA) is 244 Å². The van der Waals surface area contributed by atoms with Gasteiger partial charge in [-0.3, -0.25) is 0 Å². The van der Waals surface area contributed by atoms with Gasteiger partial charge < -0.3 is 55.7 Å². The number of carbonyl (C=O) groups excluding carboxylic acids is 4. The number of hydrogen-bond acceptors (Lipinski definition) is 9. The fourth-order valence-electron chi connectivity index (χ4n) is 0.684. The number of carbonyl (C=O) groups is 4. The van der Waals surface area contributed by atoms with Gasteiger partial charge in [-0.1, -0.05) is 0 Å². The summed E-state index contributed by atoms with van der Waals surface area (Å²) in [6, 6.07) is 0. The number of rotatable bonds is 5. The fraction of sp³-hybridized carbons (Fsp3) is 0.500. The molecule has 0 rings (SSSR count). The minimum Gasteiger partial charge on any atom is -0.550 e. The number of aliphatic hydroxyl groups is 1. The van der Waals surface area contributed by atoms with Crippen LogP contribution in [-0.2, 0) is 19.2 Å². The first kappa shape index (κ1) is 49.9. The van der Waals surface area contributed by atoms with Gasteiger partial charge in [-0.05, 0) is 6.92 Å². The van der Waals surface area contributed by atoms with Gasteiger partial charge in [0.25, 0.3) is 0 Å². The smallest absolute Gasteiger partial charge is 0.550 e. The van der Waals surface area contributed by atoms with Crippen LogP contribution in [0.4, 0.5) is 0 Å². The van der Waals surface area contributed by atoms with Crippen molar-refractivity contribution in [2.45, 2.75) is 25.4 Å². The molecule has 114 valence electrons. The zero-order valence-corrected chi connectivity index (χ0v) is 22.8. The molecule has 0 bridgehead atoms. The average Bonchev–Trinajstić information content (AvgIpc) is 1.98. The second-order valence-electron chi connectivity index (χ2n) is 2.91. The number of aliphatic carboxylic acids is 4. The molecule has 23 heavy (non-hydrogen) atoms. The molecule has 0 saturated heterocycles. The minimum absolute atomic E-state index is 0. The number of hydrogen-bond donors (Lipinski definition) is 1. The van der Waals surface area contributed by atoms with Gasteiger partial charge in [0.1, 0.15) is 5.60 Å². The third-order valence-corrected chi connectivity index (χ3v) is 1.25. The van der Waals surface area contributed by atoms with Crippen LogP contribution in [0.15, 0.2) is 0 Å². The summed E-state index contributed by atoms with van der Waals surface area (Å²) in [6.45, 7) is 0.972. The van der Waals surface area contributed by atoms with Gasteiger partial charge in [0.05, 0.1) is 5.97 Å². The van der Waals surface area contributed by atoms with Gasteiger partial charge >= 0.3 is 140 Å². The molecule has 11 nitrogen and oxygen atoms in total. The van der Waals surface area contributed by atoms with E-state index in [9.17, 15) is 29.7 Å². The standard InChI is InChI=1S/C6H8O7.C2H4O2.K.3Na.2H2O/c7-3(8)1-6(13,5(11)12)2-4(9)10;1-2(3)4;;;;;;/h13H,1-2H2,(H,7,8)(H,9,10)(H,11,12);1H3,(H,3,4);;;;;2*1H2/q;;4*+1;;/p-4. The summed E-state index contributed by atoms with van der Waals surface area (Å²) >= 11 is 0. The zero-order chi connectivity index (χ0) is 14.2. The summed E-state index contributed by atoms with van der Waals surface area (Å²) < 4.78 is 0. The summed E-state index contributed by atoms with van der Waals surface area (Å²) in [4.78, 5) is 38.9. The van der Waals surface area contributed by atoms with E-state index in [-0.39, 0.29) is 151 Å². The molecule has 0 amide bonds. The quantitative estimate of drug-likeness (QED) is 0.436.